The second kappa shape index (κ2) is 9.46. The summed E-state index contributed by atoms with van der Waals surface area (Å²) in [5, 5.41) is 4.71. The van der Waals surface area contributed by atoms with Crippen LogP contribution in [-0.4, -0.2) is 37.1 Å². The third-order valence-electron chi connectivity index (χ3n) is 4.99. The maximum atomic E-state index is 13.4. The maximum Gasteiger partial charge on any atom is 0.419 e. The zero-order valence-corrected chi connectivity index (χ0v) is 17.1. The number of alkyl halides is 3. The fourth-order valence-corrected chi connectivity index (χ4v) is 4.28. The number of carbonyl (C=O) groups excluding carboxylic acids is 2. The molecule has 162 valence electrons. The number of esters is 1. The molecule has 3 heterocycles. The lowest BCUT2D eigenvalue weighted by molar-refractivity contribution is -0.141. The van der Waals surface area contributed by atoms with Crippen LogP contribution in [0.4, 0.5) is 19.0 Å². The predicted octanol–water partition coefficient (Wildman–Crippen LogP) is 3.80. The highest BCUT2D eigenvalue weighted by Gasteiger charge is 2.37. The Bertz CT molecular complexity index is 874. The van der Waals surface area contributed by atoms with Crippen molar-refractivity contribution in [2.45, 2.75) is 31.5 Å². The number of methoxy groups -OCH3 is 1. The second-order valence-corrected chi connectivity index (χ2v) is 7.99. The summed E-state index contributed by atoms with van der Waals surface area (Å²) in [6, 6.07) is 5.34. The van der Waals surface area contributed by atoms with E-state index in [-0.39, 0.29) is 24.7 Å². The van der Waals surface area contributed by atoms with Gasteiger partial charge in [-0.25, -0.2) is 4.98 Å². The maximum absolute atomic E-state index is 13.4. The number of hydrogen-bond donors (Lipinski definition) is 1. The van der Waals surface area contributed by atoms with Crippen LogP contribution in [0, 0.1) is 5.92 Å². The van der Waals surface area contributed by atoms with Crippen molar-refractivity contribution in [2.24, 2.45) is 5.92 Å². The molecule has 1 amide bonds. The van der Waals surface area contributed by atoms with Crippen molar-refractivity contribution in [2.75, 3.05) is 25.1 Å². The van der Waals surface area contributed by atoms with Crippen molar-refractivity contribution in [1.29, 1.82) is 0 Å². The lowest BCUT2D eigenvalue weighted by Crippen LogP contribution is -2.45. The largest absolute Gasteiger partial charge is 0.469 e. The molecule has 1 saturated heterocycles. The number of carbonyl (C=O) groups is 2. The molecule has 1 aliphatic rings. The number of nitrogens with zero attached hydrogens (tertiary/aromatic N) is 2. The molecule has 0 saturated carbocycles. The van der Waals surface area contributed by atoms with Crippen molar-refractivity contribution < 1.29 is 27.5 Å². The first kappa shape index (κ1) is 22.1. The third kappa shape index (κ3) is 5.29. The normalized spacial score (nSPS) is 18.0. The van der Waals surface area contributed by atoms with Crippen LogP contribution in [0.15, 0.2) is 35.8 Å². The van der Waals surface area contributed by atoms with E-state index in [0.717, 1.165) is 10.9 Å². The molecule has 0 radical (unpaired) electrons. The van der Waals surface area contributed by atoms with Gasteiger partial charge in [0.2, 0.25) is 5.91 Å². The van der Waals surface area contributed by atoms with Crippen molar-refractivity contribution in [3.8, 4) is 0 Å². The number of ether oxygens (including phenoxy) is 1. The first-order chi connectivity index (χ1) is 14.3. The van der Waals surface area contributed by atoms with Crippen LogP contribution in [0.3, 0.4) is 0 Å². The van der Waals surface area contributed by atoms with Gasteiger partial charge in [-0.3, -0.25) is 9.59 Å². The van der Waals surface area contributed by atoms with Gasteiger partial charge in [-0.1, -0.05) is 6.07 Å². The Morgan fingerprint density at radius 1 is 1.37 bits per heavy atom. The van der Waals surface area contributed by atoms with Gasteiger partial charge in [-0.05, 0) is 36.4 Å². The summed E-state index contributed by atoms with van der Waals surface area (Å²) in [4.78, 5) is 30.9. The SMILES string of the molecule is COC(=O)CC(NC(=O)C1CCCN(c2ncccc2C(F)(F)F)C1)c1cccs1. The molecule has 0 aromatic carbocycles. The number of amides is 1. The zero-order valence-electron chi connectivity index (χ0n) is 16.3. The minimum absolute atomic E-state index is 0.0162. The van der Waals surface area contributed by atoms with E-state index >= 15 is 0 Å². The van der Waals surface area contributed by atoms with Crippen LogP contribution in [0.5, 0.6) is 0 Å². The van der Waals surface area contributed by atoms with E-state index in [9.17, 15) is 22.8 Å². The molecule has 0 bridgehead atoms. The standard InChI is InChI=1S/C20H22F3N3O3S/c1-29-17(27)11-15(16-7-4-10-30-16)25-19(28)13-5-3-9-26(12-13)18-14(20(21,22)23)6-2-8-24-18/h2,4,6-8,10,13,15H,3,5,9,11-12H2,1H3,(H,25,28). The first-order valence-corrected chi connectivity index (χ1v) is 10.3. The smallest absolute Gasteiger partial charge is 0.419 e. The number of anilines is 1. The topological polar surface area (TPSA) is 71.5 Å². The van der Waals surface area contributed by atoms with Gasteiger partial charge in [-0.15, -0.1) is 11.3 Å². The number of thiophene rings is 1. The lowest BCUT2D eigenvalue weighted by atomic mass is 9.96. The molecule has 2 unspecified atom stereocenters. The summed E-state index contributed by atoms with van der Waals surface area (Å²) in [6.07, 6.45) is -2.11. The summed E-state index contributed by atoms with van der Waals surface area (Å²) in [5.41, 5.74) is -0.812. The van der Waals surface area contributed by atoms with Gasteiger partial charge in [0.05, 0.1) is 31.1 Å². The highest BCUT2D eigenvalue weighted by molar-refractivity contribution is 7.10. The number of halogens is 3. The van der Waals surface area contributed by atoms with E-state index in [0.29, 0.717) is 19.4 Å². The molecular weight excluding hydrogens is 419 g/mol. The highest BCUT2D eigenvalue weighted by Crippen LogP contribution is 2.36. The Labute approximate surface area is 176 Å². The van der Waals surface area contributed by atoms with Crippen molar-refractivity contribution in [1.82, 2.24) is 10.3 Å². The fraction of sp³-hybridized carbons (Fsp3) is 0.450. The van der Waals surface area contributed by atoms with Crippen LogP contribution in [0.1, 0.15) is 35.7 Å². The number of nitrogens with one attached hydrogen (secondary N) is 1. The summed E-state index contributed by atoms with van der Waals surface area (Å²) < 4.78 is 44.8. The monoisotopic (exact) mass is 441 g/mol. The minimum Gasteiger partial charge on any atom is -0.469 e. The van der Waals surface area contributed by atoms with E-state index in [1.165, 1.54) is 35.6 Å². The fourth-order valence-electron chi connectivity index (χ4n) is 3.51. The first-order valence-electron chi connectivity index (χ1n) is 9.47. The Morgan fingerprint density at radius 2 is 2.17 bits per heavy atom. The number of pyridine rings is 1. The van der Waals surface area contributed by atoms with Gasteiger partial charge in [0, 0.05) is 24.2 Å². The molecule has 2 atom stereocenters. The van der Waals surface area contributed by atoms with Crippen molar-refractivity contribution in [3.63, 3.8) is 0 Å². The van der Waals surface area contributed by atoms with Crippen LogP contribution in [-0.2, 0) is 20.5 Å². The summed E-state index contributed by atoms with van der Waals surface area (Å²) >= 11 is 1.41. The summed E-state index contributed by atoms with van der Waals surface area (Å²) in [6.45, 7) is 0.516. The molecule has 1 N–H and O–H groups in total. The summed E-state index contributed by atoms with van der Waals surface area (Å²) in [5.74, 6) is -1.43. The molecule has 10 heteroatoms. The minimum atomic E-state index is -4.52. The molecule has 1 aliphatic heterocycles. The number of rotatable bonds is 6. The average molecular weight is 441 g/mol. The quantitative estimate of drug-likeness (QED) is 0.691. The highest BCUT2D eigenvalue weighted by atomic mass is 32.1. The lowest BCUT2D eigenvalue weighted by Gasteiger charge is -2.34. The van der Waals surface area contributed by atoms with Crippen LogP contribution >= 0.6 is 11.3 Å². The molecule has 0 aliphatic carbocycles. The molecule has 2 aromatic heterocycles. The van der Waals surface area contributed by atoms with Crippen LogP contribution in [0.2, 0.25) is 0 Å². The Morgan fingerprint density at radius 3 is 2.83 bits per heavy atom. The summed E-state index contributed by atoms with van der Waals surface area (Å²) in [7, 11) is 1.28. The van der Waals surface area contributed by atoms with Crippen LogP contribution < -0.4 is 10.2 Å². The van der Waals surface area contributed by atoms with E-state index < -0.39 is 29.7 Å². The van der Waals surface area contributed by atoms with Gasteiger partial charge in [0.1, 0.15) is 5.82 Å². The Kier molecular flexibility index (Phi) is 6.96. The Balaban J connectivity index is 1.73. The van der Waals surface area contributed by atoms with Gasteiger partial charge in [-0.2, -0.15) is 13.2 Å². The van der Waals surface area contributed by atoms with E-state index in [4.69, 9.17) is 4.74 Å². The van der Waals surface area contributed by atoms with Gasteiger partial charge >= 0.3 is 12.1 Å². The van der Waals surface area contributed by atoms with E-state index in [1.807, 2.05) is 17.5 Å². The van der Waals surface area contributed by atoms with Gasteiger partial charge < -0.3 is 15.0 Å². The van der Waals surface area contributed by atoms with Crippen molar-refractivity contribution >= 4 is 29.0 Å². The van der Waals surface area contributed by atoms with Crippen molar-refractivity contribution in [3.05, 3.63) is 46.3 Å². The molecule has 2 aromatic rings. The van der Waals surface area contributed by atoms with Crippen LogP contribution in [0.25, 0.3) is 0 Å². The third-order valence-corrected chi connectivity index (χ3v) is 5.97. The molecule has 1 fully saturated rings. The molecule has 30 heavy (non-hydrogen) atoms. The molecule has 6 nitrogen and oxygen atoms in total. The predicted molar refractivity (Wildman–Crippen MR) is 106 cm³/mol. The molecule has 0 spiro atoms. The molecular formula is C20H22F3N3O3S. The molecule has 3 rings (SSSR count). The second-order valence-electron chi connectivity index (χ2n) is 7.01. The Hall–Kier alpha value is -2.62. The van der Waals surface area contributed by atoms with E-state index in [2.05, 4.69) is 10.3 Å². The number of hydrogen-bond acceptors (Lipinski definition) is 6. The van der Waals surface area contributed by atoms with E-state index in [1.54, 1.807) is 0 Å². The van der Waals surface area contributed by atoms with Gasteiger partial charge in [0.25, 0.3) is 0 Å². The van der Waals surface area contributed by atoms with Gasteiger partial charge in [0.15, 0.2) is 0 Å². The number of piperidine rings is 1. The zero-order chi connectivity index (χ0) is 21.7. The number of aromatic nitrogens is 1. The average Bonchev–Trinajstić information content (AvgIpc) is 3.27.